The van der Waals surface area contributed by atoms with Crippen LogP contribution in [0.3, 0.4) is 0 Å². The molecular formula is C10H9FN2O2. The van der Waals surface area contributed by atoms with Crippen molar-refractivity contribution in [3.05, 3.63) is 29.3 Å². The number of ether oxygens (including phenoxy) is 1. The smallest absolute Gasteiger partial charge is 0.311 e. The second-order valence-corrected chi connectivity index (χ2v) is 2.72. The SMILES string of the molecule is CCOC(=O)Cc1nc(F)ccc1C#N. The molecule has 0 aliphatic heterocycles. The van der Waals surface area contributed by atoms with Crippen LogP contribution in [-0.2, 0) is 16.0 Å². The Labute approximate surface area is 86.3 Å². The third-order valence-corrected chi connectivity index (χ3v) is 1.68. The number of esters is 1. The van der Waals surface area contributed by atoms with Crippen molar-refractivity contribution >= 4 is 5.97 Å². The van der Waals surface area contributed by atoms with Crippen LogP contribution in [0.25, 0.3) is 0 Å². The van der Waals surface area contributed by atoms with Gasteiger partial charge in [0.15, 0.2) is 0 Å². The summed E-state index contributed by atoms with van der Waals surface area (Å²) < 4.78 is 17.4. The lowest BCUT2D eigenvalue weighted by Crippen LogP contribution is -2.10. The number of pyridine rings is 1. The Morgan fingerprint density at radius 2 is 2.40 bits per heavy atom. The Bertz CT molecular complexity index is 412. The number of carbonyl (C=O) groups is 1. The third kappa shape index (κ3) is 3.02. The molecule has 15 heavy (non-hydrogen) atoms. The van der Waals surface area contributed by atoms with Gasteiger partial charge in [-0.2, -0.15) is 9.65 Å². The number of nitrogens with zero attached hydrogens (tertiary/aromatic N) is 2. The monoisotopic (exact) mass is 208 g/mol. The van der Waals surface area contributed by atoms with Gasteiger partial charge in [-0.25, -0.2) is 4.98 Å². The van der Waals surface area contributed by atoms with Crippen molar-refractivity contribution in [1.29, 1.82) is 5.26 Å². The average Bonchev–Trinajstić information content (AvgIpc) is 2.18. The Kier molecular flexibility index (Phi) is 3.75. The maximum absolute atomic E-state index is 12.7. The molecule has 0 spiro atoms. The van der Waals surface area contributed by atoms with Gasteiger partial charge in [0.2, 0.25) is 5.95 Å². The summed E-state index contributed by atoms with van der Waals surface area (Å²) in [5.74, 6) is -1.24. The summed E-state index contributed by atoms with van der Waals surface area (Å²) in [7, 11) is 0. The maximum Gasteiger partial charge on any atom is 0.311 e. The summed E-state index contributed by atoms with van der Waals surface area (Å²) in [6.07, 6.45) is -0.186. The molecule has 0 fully saturated rings. The van der Waals surface area contributed by atoms with Gasteiger partial charge >= 0.3 is 5.97 Å². The first-order valence-corrected chi connectivity index (χ1v) is 4.38. The van der Waals surface area contributed by atoms with Crippen molar-refractivity contribution in [1.82, 2.24) is 4.98 Å². The molecule has 1 aromatic heterocycles. The van der Waals surface area contributed by atoms with E-state index in [1.807, 2.05) is 6.07 Å². The lowest BCUT2D eigenvalue weighted by Gasteiger charge is -2.02. The number of carbonyl (C=O) groups excluding carboxylic acids is 1. The van der Waals surface area contributed by atoms with E-state index in [1.54, 1.807) is 6.92 Å². The fourth-order valence-corrected chi connectivity index (χ4v) is 1.06. The fourth-order valence-electron chi connectivity index (χ4n) is 1.06. The minimum atomic E-state index is -0.715. The molecule has 78 valence electrons. The molecule has 1 heterocycles. The van der Waals surface area contributed by atoms with E-state index in [0.717, 1.165) is 6.07 Å². The van der Waals surface area contributed by atoms with Gasteiger partial charge in [-0.1, -0.05) is 0 Å². The summed E-state index contributed by atoms with van der Waals surface area (Å²) in [6.45, 7) is 1.91. The van der Waals surface area contributed by atoms with Crippen molar-refractivity contribution in [3.8, 4) is 6.07 Å². The molecule has 0 atom stereocenters. The van der Waals surface area contributed by atoms with Gasteiger partial charge in [0.05, 0.1) is 24.3 Å². The number of hydrogen-bond acceptors (Lipinski definition) is 4. The van der Waals surface area contributed by atoms with E-state index in [-0.39, 0.29) is 24.3 Å². The van der Waals surface area contributed by atoms with Crippen molar-refractivity contribution in [2.45, 2.75) is 13.3 Å². The van der Waals surface area contributed by atoms with Crippen LogP contribution >= 0.6 is 0 Å². The number of aromatic nitrogens is 1. The second-order valence-electron chi connectivity index (χ2n) is 2.72. The first-order valence-electron chi connectivity index (χ1n) is 4.38. The van der Waals surface area contributed by atoms with Crippen LogP contribution in [0.15, 0.2) is 12.1 Å². The number of halogens is 1. The zero-order chi connectivity index (χ0) is 11.3. The standard InChI is InChI=1S/C10H9FN2O2/c1-2-15-10(14)5-8-7(6-12)3-4-9(11)13-8/h3-4H,2,5H2,1H3. The van der Waals surface area contributed by atoms with Crippen LogP contribution in [0.4, 0.5) is 4.39 Å². The summed E-state index contributed by atoms with van der Waals surface area (Å²) >= 11 is 0. The molecule has 0 amide bonds. The topological polar surface area (TPSA) is 63.0 Å². The normalized spacial score (nSPS) is 9.40. The van der Waals surface area contributed by atoms with Crippen LogP contribution in [0.1, 0.15) is 18.2 Å². The molecule has 0 unspecified atom stereocenters. The first kappa shape index (κ1) is 11.1. The van der Waals surface area contributed by atoms with Crippen LogP contribution < -0.4 is 0 Å². The summed E-state index contributed by atoms with van der Waals surface area (Å²) in [5.41, 5.74) is 0.292. The van der Waals surface area contributed by atoms with Gasteiger partial charge in [-0.05, 0) is 19.1 Å². The number of hydrogen-bond donors (Lipinski definition) is 0. The molecule has 5 heteroatoms. The average molecular weight is 208 g/mol. The maximum atomic E-state index is 12.7. The van der Waals surface area contributed by atoms with E-state index in [2.05, 4.69) is 9.72 Å². The van der Waals surface area contributed by atoms with Crippen molar-refractivity contribution in [3.63, 3.8) is 0 Å². The van der Waals surface area contributed by atoms with Crippen LogP contribution in [0, 0.1) is 17.3 Å². The highest BCUT2D eigenvalue weighted by Gasteiger charge is 2.11. The van der Waals surface area contributed by atoms with Gasteiger partial charge in [0.1, 0.15) is 6.07 Å². The minimum absolute atomic E-state index is 0.107. The van der Waals surface area contributed by atoms with Crippen molar-refractivity contribution in [2.75, 3.05) is 6.61 Å². The van der Waals surface area contributed by atoms with E-state index < -0.39 is 11.9 Å². The van der Waals surface area contributed by atoms with E-state index in [4.69, 9.17) is 5.26 Å². The molecule has 1 aromatic rings. The molecule has 0 aliphatic carbocycles. The lowest BCUT2D eigenvalue weighted by molar-refractivity contribution is -0.142. The van der Waals surface area contributed by atoms with Crippen molar-refractivity contribution < 1.29 is 13.9 Å². The van der Waals surface area contributed by atoms with E-state index in [1.165, 1.54) is 6.07 Å². The van der Waals surface area contributed by atoms with E-state index >= 15 is 0 Å². The predicted octanol–water partition coefficient (Wildman–Crippen LogP) is 1.20. The Hall–Kier alpha value is -1.96. The van der Waals surface area contributed by atoms with E-state index in [9.17, 15) is 9.18 Å². The predicted molar refractivity (Wildman–Crippen MR) is 49.2 cm³/mol. The molecule has 4 nitrogen and oxygen atoms in total. The lowest BCUT2D eigenvalue weighted by atomic mass is 10.1. The molecule has 0 radical (unpaired) electrons. The van der Waals surface area contributed by atoms with Crippen molar-refractivity contribution in [2.24, 2.45) is 0 Å². The largest absolute Gasteiger partial charge is 0.466 e. The quantitative estimate of drug-likeness (QED) is 0.553. The van der Waals surface area contributed by atoms with E-state index in [0.29, 0.717) is 0 Å². The van der Waals surface area contributed by atoms with Gasteiger partial charge in [-0.15, -0.1) is 0 Å². The van der Waals surface area contributed by atoms with Crippen LogP contribution in [0.5, 0.6) is 0 Å². The number of rotatable bonds is 3. The Morgan fingerprint density at radius 3 is 3.00 bits per heavy atom. The second kappa shape index (κ2) is 5.05. The molecule has 0 aromatic carbocycles. The molecular weight excluding hydrogens is 199 g/mol. The van der Waals surface area contributed by atoms with Crippen LogP contribution in [-0.4, -0.2) is 17.6 Å². The first-order chi connectivity index (χ1) is 7.17. The molecule has 0 bridgehead atoms. The Balaban J connectivity index is 2.88. The highest BCUT2D eigenvalue weighted by molar-refractivity contribution is 5.72. The zero-order valence-corrected chi connectivity index (χ0v) is 8.16. The van der Waals surface area contributed by atoms with Gasteiger partial charge in [0.25, 0.3) is 0 Å². The molecule has 0 saturated carbocycles. The molecule has 0 saturated heterocycles. The Morgan fingerprint density at radius 1 is 1.67 bits per heavy atom. The summed E-state index contributed by atoms with van der Waals surface area (Å²) in [4.78, 5) is 14.6. The minimum Gasteiger partial charge on any atom is -0.466 e. The summed E-state index contributed by atoms with van der Waals surface area (Å²) in [6, 6.07) is 4.20. The summed E-state index contributed by atoms with van der Waals surface area (Å²) in [5, 5.41) is 8.69. The highest BCUT2D eigenvalue weighted by Crippen LogP contribution is 2.07. The van der Waals surface area contributed by atoms with Crippen LogP contribution in [0.2, 0.25) is 0 Å². The fraction of sp³-hybridized carbons (Fsp3) is 0.300. The zero-order valence-electron chi connectivity index (χ0n) is 8.16. The van der Waals surface area contributed by atoms with Gasteiger partial charge < -0.3 is 4.74 Å². The molecule has 0 N–H and O–H groups in total. The molecule has 1 rings (SSSR count). The van der Waals surface area contributed by atoms with Gasteiger partial charge in [-0.3, -0.25) is 4.79 Å². The molecule has 0 aliphatic rings. The highest BCUT2D eigenvalue weighted by atomic mass is 19.1. The third-order valence-electron chi connectivity index (χ3n) is 1.68. The van der Waals surface area contributed by atoms with Gasteiger partial charge in [0, 0.05) is 0 Å². The number of nitriles is 1.